The van der Waals surface area contributed by atoms with Crippen LogP contribution in [0, 0.1) is 0 Å². The van der Waals surface area contributed by atoms with Crippen LogP contribution in [-0.4, -0.2) is 12.1 Å². The number of nitrogens with one attached hydrogen (secondary N) is 1. The number of carbonyl (C=O) groups excluding carboxylic acids is 1. The largest absolute Gasteiger partial charge is 0.416 e. The fraction of sp³-hybridized carbons (Fsp3) is 0.0476. The predicted octanol–water partition coefficient (Wildman–Crippen LogP) is 5.14. The minimum atomic E-state index is -4.43. The van der Waals surface area contributed by atoms with Gasteiger partial charge in [0.1, 0.15) is 0 Å². The van der Waals surface area contributed by atoms with Crippen molar-refractivity contribution in [2.75, 3.05) is 0 Å². The van der Waals surface area contributed by atoms with Crippen LogP contribution in [0.4, 0.5) is 13.2 Å². The Labute approximate surface area is 154 Å². The predicted molar refractivity (Wildman–Crippen MR) is 98.4 cm³/mol. The number of alkyl halides is 3. The normalized spacial score (nSPS) is 11.5. The maximum absolute atomic E-state index is 12.7. The Morgan fingerprint density at radius 2 is 1.59 bits per heavy atom. The molecule has 3 nitrogen and oxygen atoms in total. The first-order chi connectivity index (χ1) is 12.9. The molecule has 1 amide bonds. The van der Waals surface area contributed by atoms with Crippen LogP contribution in [0.2, 0.25) is 0 Å². The lowest BCUT2D eigenvalue weighted by Crippen LogP contribution is -2.18. The molecular weight excluding hydrogens is 353 g/mol. The van der Waals surface area contributed by atoms with Crippen LogP contribution in [0.3, 0.4) is 0 Å². The highest BCUT2D eigenvalue weighted by molar-refractivity contribution is 6.01. The molecule has 3 aromatic carbocycles. The van der Waals surface area contributed by atoms with Crippen molar-refractivity contribution in [2.24, 2.45) is 5.10 Å². The summed E-state index contributed by atoms with van der Waals surface area (Å²) in [5, 5.41) is 3.78. The third-order valence-electron chi connectivity index (χ3n) is 3.85. The number of rotatable bonds is 4. The first kappa shape index (κ1) is 18.4. The van der Waals surface area contributed by atoms with Gasteiger partial charge in [0.15, 0.2) is 0 Å². The molecule has 3 aromatic rings. The Kier molecular flexibility index (Phi) is 5.35. The number of halogens is 3. The first-order valence-electron chi connectivity index (χ1n) is 8.10. The maximum Gasteiger partial charge on any atom is 0.416 e. The highest BCUT2D eigenvalue weighted by atomic mass is 19.4. The van der Waals surface area contributed by atoms with E-state index in [0.717, 1.165) is 23.3 Å². The molecule has 0 radical (unpaired) electrons. The van der Waals surface area contributed by atoms with E-state index in [2.05, 4.69) is 10.5 Å². The van der Waals surface area contributed by atoms with Crippen LogP contribution in [0.5, 0.6) is 0 Å². The summed E-state index contributed by atoms with van der Waals surface area (Å²) >= 11 is 0. The van der Waals surface area contributed by atoms with Crippen molar-refractivity contribution in [1.29, 1.82) is 0 Å². The first-order valence-corrected chi connectivity index (χ1v) is 8.10. The molecule has 0 saturated carbocycles. The standard InChI is InChI=1S/C21H15F3N2O/c22-21(23,24)17-10-6-7-15(13-17)14-25-26-20(27)19-12-5-4-11-18(19)16-8-2-1-3-9-16/h1-14H,(H,26,27). The third-order valence-corrected chi connectivity index (χ3v) is 3.85. The van der Waals surface area contributed by atoms with Gasteiger partial charge >= 0.3 is 6.18 Å². The topological polar surface area (TPSA) is 41.5 Å². The second-order valence-electron chi connectivity index (χ2n) is 5.73. The zero-order valence-corrected chi connectivity index (χ0v) is 14.1. The SMILES string of the molecule is O=C(NN=Cc1cccc(C(F)(F)F)c1)c1ccccc1-c1ccccc1. The maximum atomic E-state index is 12.7. The van der Waals surface area contributed by atoms with Gasteiger partial charge in [-0.1, -0.05) is 60.7 Å². The van der Waals surface area contributed by atoms with Crippen LogP contribution in [-0.2, 0) is 6.18 Å². The Bertz CT molecular complexity index is 966. The van der Waals surface area contributed by atoms with Gasteiger partial charge in [0.05, 0.1) is 11.8 Å². The highest BCUT2D eigenvalue weighted by Gasteiger charge is 2.30. The number of amides is 1. The molecule has 1 N–H and O–H groups in total. The lowest BCUT2D eigenvalue weighted by atomic mass is 9.99. The smallest absolute Gasteiger partial charge is 0.267 e. The second-order valence-corrected chi connectivity index (χ2v) is 5.73. The van der Waals surface area contributed by atoms with E-state index in [1.54, 1.807) is 12.1 Å². The summed E-state index contributed by atoms with van der Waals surface area (Å²) in [6.45, 7) is 0. The molecule has 6 heteroatoms. The van der Waals surface area contributed by atoms with Crippen molar-refractivity contribution in [2.45, 2.75) is 6.18 Å². The van der Waals surface area contributed by atoms with Gasteiger partial charge in [0.25, 0.3) is 5.91 Å². The monoisotopic (exact) mass is 368 g/mol. The van der Waals surface area contributed by atoms with Gasteiger partial charge in [-0.3, -0.25) is 4.79 Å². The number of hydrazone groups is 1. The number of carbonyl (C=O) groups is 1. The average molecular weight is 368 g/mol. The zero-order valence-electron chi connectivity index (χ0n) is 14.1. The minimum Gasteiger partial charge on any atom is -0.267 e. The molecule has 3 rings (SSSR count). The Balaban J connectivity index is 1.77. The van der Waals surface area contributed by atoms with E-state index >= 15 is 0 Å². The van der Waals surface area contributed by atoms with Crippen molar-refractivity contribution in [3.8, 4) is 11.1 Å². The van der Waals surface area contributed by atoms with Crippen molar-refractivity contribution in [1.82, 2.24) is 5.43 Å². The Morgan fingerprint density at radius 1 is 0.889 bits per heavy atom. The van der Waals surface area contributed by atoms with Gasteiger partial charge in [0, 0.05) is 5.56 Å². The van der Waals surface area contributed by atoms with Crippen molar-refractivity contribution in [3.63, 3.8) is 0 Å². The van der Waals surface area contributed by atoms with E-state index in [4.69, 9.17) is 0 Å². The molecule has 0 aliphatic carbocycles. The number of hydrogen-bond acceptors (Lipinski definition) is 2. The molecule has 136 valence electrons. The molecule has 0 fully saturated rings. The zero-order chi connectivity index (χ0) is 19.3. The van der Waals surface area contributed by atoms with Crippen LogP contribution >= 0.6 is 0 Å². The van der Waals surface area contributed by atoms with Gasteiger partial charge in [-0.15, -0.1) is 0 Å². The number of nitrogens with zero attached hydrogens (tertiary/aromatic N) is 1. The molecule has 0 aromatic heterocycles. The highest BCUT2D eigenvalue weighted by Crippen LogP contribution is 2.29. The molecule has 0 aliphatic rings. The van der Waals surface area contributed by atoms with Crippen LogP contribution in [0.1, 0.15) is 21.5 Å². The molecule has 0 spiro atoms. The summed E-state index contributed by atoms with van der Waals surface area (Å²) in [5.41, 5.74) is 3.87. The lowest BCUT2D eigenvalue weighted by molar-refractivity contribution is -0.137. The van der Waals surface area contributed by atoms with E-state index in [0.29, 0.717) is 5.56 Å². The molecule has 0 heterocycles. The summed E-state index contributed by atoms with van der Waals surface area (Å²) in [4.78, 5) is 12.5. The summed E-state index contributed by atoms with van der Waals surface area (Å²) in [6, 6.07) is 21.1. The summed E-state index contributed by atoms with van der Waals surface area (Å²) in [7, 11) is 0. The molecule has 0 atom stereocenters. The van der Waals surface area contributed by atoms with Gasteiger partial charge in [-0.25, -0.2) is 5.43 Å². The third kappa shape index (κ3) is 4.61. The molecule has 0 unspecified atom stereocenters. The number of hydrogen-bond donors (Lipinski definition) is 1. The summed E-state index contributed by atoms with van der Waals surface area (Å²) in [5.74, 6) is -0.447. The minimum absolute atomic E-state index is 0.237. The second kappa shape index (κ2) is 7.86. The fourth-order valence-electron chi connectivity index (χ4n) is 2.57. The number of benzene rings is 3. The van der Waals surface area contributed by atoms with Crippen LogP contribution in [0.25, 0.3) is 11.1 Å². The van der Waals surface area contributed by atoms with E-state index in [1.807, 2.05) is 42.5 Å². The Hall–Kier alpha value is -3.41. The van der Waals surface area contributed by atoms with Gasteiger partial charge < -0.3 is 0 Å². The molecule has 0 aliphatic heterocycles. The van der Waals surface area contributed by atoms with E-state index in [9.17, 15) is 18.0 Å². The van der Waals surface area contributed by atoms with E-state index in [1.165, 1.54) is 18.3 Å². The van der Waals surface area contributed by atoms with Gasteiger partial charge in [-0.2, -0.15) is 18.3 Å². The quantitative estimate of drug-likeness (QED) is 0.503. The molecule has 27 heavy (non-hydrogen) atoms. The van der Waals surface area contributed by atoms with E-state index < -0.39 is 17.6 Å². The Morgan fingerprint density at radius 3 is 2.33 bits per heavy atom. The van der Waals surface area contributed by atoms with Crippen molar-refractivity contribution >= 4 is 12.1 Å². The van der Waals surface area contributed by atoms with Crippen LogP contribution < -0.4 is 5.43 Å². The van der Waals surface area contributed by atoms with E-state index in [-0.39, 0.29) is 5.56 Å². The van der Waals surface area contributed by atoms with Gasteiger partial charge in [0.2, 0.25) is 0 Å². The average Bonchev–Trinajstić information content (AvgIpc) is 2.68. The fourth-order valence-corrected chi connectivity index (χ4v) is 2.57. The summed E-state index contributed by atoms with van der Waals surface area (Å²) < 4.78 is 38.2. The molecule has 0 bridgehead atoms. The van der Waals surface area contributed by atoms with Crippen molar-refractivity contribution < 1.29 is 18.0 Å². The summed E-state index contributed by atoms with van der Waals surface area (Å²) in [6.07, 6.45) is -3.25. The molecular formula is C21H15F3N2O. The van der Waals surface area contributed by atoms with Crippen LogP contribution in [0.15, 0.2) is 84.0 Å². The van der Waals surface area contributed by atoms with Gasteiger partial charge in [-0.05, 0) is 34.9 Å². The van der Waals surface area contributed by atoms with Crippen molar-refractivity contribution in [3.05, 3.63) is 95.6 Å². The molecule has 0 saturated heterocycles. The lowest BCUT2D eigenvalue weighted by Gasteiger charge is -2.08.